The molecule has 5 aliphatic carbocycles. The Kier molecular flexibility index (Phi) is 5.85. The van der Waals surface area contributed by atoms with Gasteiger partial charge in [-0.05, 0) is 84.9 Å². The molecule has 37 heavy (non-hydrogen) atoms. The van der Waals surface area contributed by atoms with Gasteiger partial charge < -0.3 is 14.9 Å². The molecule has 2 N–H and O–H groups in total. The first-order chi connectivity index (χ1) is 16.8. The number of ketones is 1. The zero-order chi connectivity index (χ0) is 27.6. The minimum absolute atomic E-state index is 0.0352. The number of aliphatic hydroxyl groups is 2. The van der Waals surface area contributed by atoms with E-state index in [1.54, 1.807) is 0 Å². The summed E-state index contributed by atoms with van der Waals surface area (Å²) in [6, 6.07) is 0. The molecule has 0 aromatic carbocycles. The van der Waals surface area contributed by atoms with Crippen molar-refractivity contribution in [3.8, 4) is 0 Å². The summed E-state index contributed by atoms with van der Waals surface area (Å²) >= 11 is 0. The van der Waals surface area contributed by atoms with Crippen molar-refractivity contribution < 1.29 is 24.5 Å². The van der Waals surface area contributed by atoms with Crippen LogP contribution in [0.5, 0.6) is 0 Å². The van der Waals surface area contributed by atoms with Gasteiger partial charge in [-0.2, -0.15) is 0 Å². The van der Waals surface area contributed by atoms with E-state index in [-0.39, 0.29) is 56.8 Å². The maximum absolute atomic E-state index is 14.5. The van der Waals surface area contributed by atoms with Gasteiger partial charge in [0.1, 0.15) is 11.7 Å². The van der Waals surface area contributed by atoms with Crippen molar-refractivity contribution in [1.82, 2.24) is 0 Å². The number of hydrogen-bond acceptors (Lipinski definition) is 5. The normalized spacial score (nSPS) is 54.2. The van der Waals surface area contributed by atoms with Crippen molar-refractivity contribution in [2.24, 2.45) is 50.2 Å². The topological polar surface area (TPSA) is 83.8 Å². The number of fused-ring (bicyclic) bond motifs is 7. The predicted molar refractivity (Wildman–Crippen MR) is 144 cm³/mol. The van der Waals surface area contributed by atoms with E-state index < -0.39 is 17.1 Å². The van der Waals surface area contributed by atoms with Crippen LogP contribution in [0.2, 0.25) is 0 Å². The van der Waals surface area contributed by atoms with Crippen LogP contribution >= 0.6 is 0 Å². The Morgan fingerprint density at radius 3 is 2.14 bits per heavy atom. The smallest absolute Gasteiger partial charge is 0.302 e. The second kappa shape index (κ2) is 7.83. The quantitative estimate of drug-likeness (QED) is 0.412. The molecule has 5 rings (SSSR count). The third-order valence-electron chi connectivity index (χ3n) is 13.9. The van der Waals surface area contributed by atoms with Gasteiger partial charge in [-0.3, -0.25) is 9.59 Å². The van der Waals surface area contributed by atoms with Gasteiger partial charge in [0.15, 0.2) is 5.78 Å². The van der Waals surface area contributed by atoms with Gasteiger partial charge in [0.25, 0.3) is 0 Å². The van der Waals surface area contributed by atoms with E-state index in [1.165, 1.54) is 6.92 Å². The van der Waals surface area contributed by atoms with Crippen LogP contribution in [0, 0.1) is 50.2 Å². The fourth-order valence-corrected chi connectivity index (χ4v) is 11.5. The van der Waals surface area contributed by atoms with Gasteiger partial charge in [0.2, 0.25) is 0 Å². The third-order valence-corrected chi connectivity index (χ3v) is 13.9. The molecule has 0 saturated heterocycles. The second-order valence-electron chi connectivity index (χ2n) is 16.4. The van der Waals surface area contributed by atoms with Crippen LogP contribution in [0.15, 0.2) is 0 Å². The molecule has 0 heterocycles. The largest absolute Gasteiger partial charge is 0.462 e. The number of hydrogen-bond donors (Lipinski definition) is 2. The molecule has 5 saturated carbocycles. The fourth-order valence-electron chi connectivity index (χ4n) is 11.5. The van der Waals surface area contributed by atoms with E-state index in [0.717, 1.165) is 44.9 Å². The Balaban J connectivity index is 1.60. The van der Waals surface area contributed by atoms with E-state index >= 15 is 0 Å². The fraction of sp³-hybridized carbons (Fsp3) is 0.938. The van der Waals surface area contributed by atoms with Crippen molar-refractivity contribution >= 4 is 11.8 Å². The minimum Gasteiger partial charge on any atom is -0.462 e. The molecule has 210 valence electrons. The maximum Gasteiger partial charge on any atom is 0.302 e. The molecule has 10 atom stereocenters. The molecule has 5 heteroatoms. The predicted octanol–water partition coefficient (Wildman–Crippen LogP) is 6.08. The molecule has 0 amide bonds. The molecule has 0 aliphatic heterocycles. The summed E-state index contributed by atoms with van der Waals surface area (Å²) in [4.78, 5) is 26.4. The number of carbonyl (C=O) groups is 2. The van der Waals surface area contributed by atoms with Gasteiger partial charge in [-0.15, -0.1) is 0 Å². The molecule has 0 radical (unpaired) electrons. The summed E-state index contributed by atoms with van der Waals surface area (Å²) in [5.41, 5.74) is -3.27. The zero-order valence-corrected chi connectivity index (χ0v) is 24.9. The van der Waals surface area contributed by atoms with Crippen molar-refractivity contribution in [2.45, 2.75) is 138 Å². The van der Waals surface area contributed by atoms with Gasteiger partial charge >= 0.3 is 5.97 Å². The summed E-state index contributed by atoms with van der Waals surface area (Å²) in [5.74, 6) is -0.0179. The third kappa shape index (κ3) is 3.28. The van der Waals surface area contributed by atoms with Crippen LogP contribution in [-0.2, 0) is 14.3 Å². The average molecular weight is 517 g/mol. The number of rotatable bonds is 1. The Labute approximate surface area is 224 Å². The number of esters is 1. The number of Topliss-reactive ketones (excluding diaryl/α,β-unsaturated/α-hetero) is 1. The summed E-state index contributed by atoms with van der Waals surface area (Å²) in [5, 5.41) is 24.9. The number of carbonyl (C=O) groups excluding carboxylic acids is 2. The van der Waals surface area contributed by atoms with Crippen LogP contribution in [0.3, 0.4) is 0 Å². The van der Waals surface area contributed by atoms with E-state index in [2.05, 4.69) is 55.4 Å². The van der Waals surface area contributed by atoms with Gasteiger partial charge in [-0.1, -0.05) is 55.4 Å². The molecule has 0 aromatic rings. The molecule has 5 aliphatic rings. The standard InChI is InChI=1S/C32H52O5/c1-19(33)37-25-11-12-29(7)20(27(25,4)5)10-13-30(8)21(29)16-23(34)32(36)22-17-26(2,3)14-15-28(22,6)18-24(35)31(30,32)9/h20-22,24-25,35-36H,10-18H2,1-9H3/t20-,21+,22-,24?,25?,28-,29+,30-,31+,32-/m1/s1. The Morgan fingerprint density at radius 2 is 1.51 bits per heavy atom. The lowest BCUT2D eigenvalue weighted by Crippen LogP contribution is -2.80. The van der Waals surface area contributed by atoms with E-state index in [4.69, 9.17) is 4.74 Å². The first-order valence-electron chi connectivity index (χ1n) is 14.9. The van der Waals surface area contributed by atoms with E-state index in [1.807, 2.05) is 0 Å². The first kappa shape index (κ1) is 27.6. The number of aliphatic hydroxyl groups excluding tert-OH is 1. The number of ether oxygens (including phenoxy) is 1. The summed E-state index contributed by atoms with van der Waals surface area (Å²) in [7, 11) is 0. The van der Waals surface area contributed by atoms with Crippen LogP contribution in [0.4, 0.5) is 0 Å². The Hall–Kier alpha value is -0.940. The highest BCUT2D eigenvalue weighted by Crippen LogP contribution is 2.77. The van der Waals surface area contributed by atoms with E-state index in [9.17, 15) is 19.8 Å². The van der Waals surface area contributed by atoms with Crippen LogP contribution in [0.25, 0.3) is 0 Å². The second-order valence-corrected chi connectivity index (χ2v) is 16.4. The highest BCUT2D eigenvalue weighted by molar-refractivity contribution is 5.91. The maximum atomic E-state index is 14.5. The van der Waals surface area contributed by atoms with Crippen molar-refractivity contribution in [3.63, 3.8) is 0 Å². The molecule has 2 unspecified atom stereocenters. The van der Waals surface area contributed by atoms with Gasteiger partial charge in [0, 0.05) is 30.1 Å². The molecule has 0 spiro atoms. The summed E-state index contributed by atoms with van der Waals surface area (Å²) in [6.07, 6.45) is 6.53. The first-order valence-corrected chi connectivity index (χ1v) is 14.9. The SMILES string of the molecule is CC(=O)OC1CC[C@@]2(C)[C@H](CC[C@]3(C)[C@H]2CC(=O)[C@]2(O)[C@@H]4CC(C)(C)CC[C@]4(C)CC(O)[C@@]32C)C1(C)C. The lowest BCUT2D eigenvalue weighted by Gasteiger charge is -2.75. The van der Waals surface area contributed by atoms with E-state index in [0.29, 0.717) is 18.8 Å². The van der Waals surface area contributed by atoms with Crippen molar-refractivity contribution in [3.05, 3.63) is 0 Å². The lowest BCUT2D eigenvalue weighted by atomic mass is 9.29. The Morgan fingerprint density at radius 1 is 0.865 bits per heavy atom. The summed E-state index contributed by atoms with van der Waals surface area (Å²) < 4.78 is 5.83. The monoisotopic (exact) mass is 516 g/mol. The molecule has 0 bridgehead atoms. The van der Waals surface area contributed by atoms with Crippen LogP contribution in [-0.4, -0.2) is 39.8 Å². The molecular weight excluding hydrogens is 464 g/mol. The van der Waals surface area contributed by atoms with Crippen LogP contribution in [0.1, 0.15) is 120 Å². The Bertz CT molecular complexity index is 1000. The van der Waals surface area contributed by atoms with Crippen LogP contribution < -0.4 is 0 Å². The van der Waals surface area contributed by atoms with Crippen molar-refractivity contribution in [2.75, 3.05) is 0 Å². The highest BCUT2D eigenvalue weighted by atomic mass is 16.5. The molecule has 0 aromatic heterocycles. The molecule has 5 nitrogen and oxygen atoms in total. The lowest BCUT2D eigenvalue weighted by molar-refractivity contribution is -0.320. The highest BCUT2D eigenvalue weighted by Gasteiger charge is 2.79. The zero-order valence-electron chi connectivity index (χ0n) is 24.9. The average Bonchev–Trinajstić information content (AvgIpc) is 2.77. The minimum atomic E-state index is -1.52. The summed E-state index contributed by atoms with van der Waals surface area (Å²) in [6.45, 7) is 19.4. The molecular formula is C32H52O5. The van der Waals surface area contributed by atoms with Gasteiger partial charge in [0.05, 0.1) is 6.10 Å². The molecule has 5 fully saturated rings. The van der Waals surface area contributed by atoms with Gasteiger partial charge in [-0.25, -0.2) is 0 Å². The van der Waals surface area contributed by atoms with Crippen molar-refractivity contribution in [1.29, 1.82) is 0 Å².